The third-order valence-corrected chi connectivity index (χ3v) is 4.44. The van der Waals surface area contributed by atoms with E-state index >= 15 is 0 Å². The fraction of sp³-hybridized carbons (Fsp3) is 0.200. The van der Waals surface area contributed by atoms with Gasteiger partial charge in [0.2, 0.25) is 0 Å². The Bertz CT molecular complexity index is 462. The highest BCUT2D eigenvalue weighted by atomic mass is 32.2. The molecule has 0 bridgehead atoms. The van der Waals surface area contributed by atoms with Crippen LogP contribution in [0.4, 0.5) is 0 Å². The number of thiophene rings is 1. The molecule has 0 radical (unpaired) electrons. The molecule has 1 heterocycles. The molecule has 1 aromatic heterocycles. The molecule has 0 saturated carbocycles. The quantitative estimate of drug-likeness (QED) is 0.622. The molecule has 74 valence electrons. The standard InChI is InChI=1S/C10H10OS3/c1-13-9-3-10-7(2-6(9)4-11)8(12)5-14-10/h2-3,5,11-12H,4H2,1H3. The predicted octanol–water partition coefficient (Wildman–Crippen LogP) is 3.40. The summed E-state index contributed by atoms with van der Waals surface area (Å²) >= 11 is 7.73. The van der Waals surface area contributed by atoms with E-state index in [1.165, 1.54) is 4.70 Å². The van der Waals surface area contributed by atoms with Gasteiger partial charge in [0.15, 0.2) is 0 Å². The lowest BCUT2D eigenvalue weighted by molar-refractivity contribution is 0.279. The van der Waals surface area contributed by atoms with Crippen molar-refractivity contribution < 1.29 is 5.11 Å². The van der Waals surface area contributed by atoms with Crippen molar-refractivity contribution in [3.8, 4) is 0 Å². The van der Waals surface area contributed by atoms with Gasteiger partial charge in [-0.2, -0.15) is 0 Å². The van der Waals surface area contributed by atoms with Crippen LogP contribution < -0.4 is 0 Å². The summed E-state index contributed by atoms with van der Waals surface area (Å²) in [6.07, 6.45) is 2.02. The number of thiol groups is 1. The zero-order valence-electron chi connectivity index (χ0n) is 7.65. The topological polar surface area (TPSA) is 20.2 Å². The van der Waals surface area contributed by atoms with Crippen molar-refractivity contribution in [2.45, 2.75) is 16.4 Å². The molecule has 1 aromatic carbocycles. The third-order valence-electron chi connectivity index (χ3n) is 2.13. The molecular weight excluding hydrogens is 232 g/mol. The minimum atomic E-state index is 0.0924. The highest BCUT2D eigenvalue weighted by molar-refractivity contribution is 7.98. The zero-order chi connectivity index (χ0) is 10.1. The summed E-state index contributed by atoms with van der Waals surface area (Å²) in [6.45, 7) is 0.0924. The summed E-state index contributed by atoms with van der Waals surface area (Å²) in [6, 6.07) is 4.15. The lowest BCUT2D eigenvalue weighted by Crippen LogP contribution is -1.86. The highest BCUT2D eigenvalue weighted by Gasteiger charge is 2.06. The maximum absolute atomic E-state index is 9.20. The van der Waals surface area contributed by atoms with Crippen molar-refractivity contribution in [3.05, 3.63) is 23.1 Å². The average Bonchev–Trinajstić information content (AvgIpc) is 2.58. The van der Waals surface area contributed by atoms with Crippen molar-refractivity contribution in [1.29, 1.82) is 0 Å². The molecule has 2 aromatic rings. The maximum atomic E-state index is 9.20. The van der Waals surface area contributed by atoms with E-state index in [4.69, 9.17) is 0 Å². The molecule has 0 spiro atoms. The molecule has 0 aliphatic carbocycles. The number of thioether (sulfide) groups is 1. The molecule has 14 heavy (non-hydrogen) atoms. The monoisotopic (exact) mass is 242 g/mol. The molecule has 0 unspecified atom stereocenters. The van der Waals surface area contributed by atoms with Crippen LogP contribution in [-0.2, 0) is 6.61 Å². The van der Waals surface area contributed by atoms with Crippen molar-refractivity contribution in [3.63, 3.8) is 0 Å². The van der Waals surface area contributed by atoms with Crippen molar-refractivity contribution in [1.82, 2.24) is 0 Å². The van der Waals surface area contributed by atoms with Gasteiger partial charge in [-0.05, 0) is 24.0 Å². The Kier molecular flexibility index (Phi) is 3.07. The fourth-order valence-corrected chi connectivity index (χ4v) is 3.36. The number of aliphatic hydroxyl groups excluding tert-OH is 1. The summed E-state index contributed by atoms with van der Waals surface area (Å²) < 4.78 is 1.23. The average molecular weight is 242 g/mol. The van der Waals surface area contributed by atoms with Gasteiger partial charge >= 0.3 is 0 Å². The number of hydrogen-bond acceptors (Lipinski definition) is 4. The van der Waals surface area contributed by atoms with Gasteiger partial charge in [-0.3, -0.25) is 0 Å². The van der Waals surface area contributed by atoms with E-state index in [2.05, 4.69) is 18.7 Å². The number of benzene rings is 1. The van der Waals surface area contributed by atoms with Crippen LogP contribution in [-0.4, -0.2) is 11.4 Å². The first-order valence-electron chi connectivity index (χ1n) is 4.14. The molecule has 4 heteroatoms. The van der Waals surface area contributed by atoms with E-state index in [1.54, 1.807) is 23.1 Å². The smallest absolute Gasteiger partial charge is 0.0692 e. The van der Waals surface area contributed by atoms with E-state index in [9.17, 15) is 5.11 Å². The molecule has 1 nitrogen and oxygen atoms in total. The fourth-order valence-electron chi connectivity index (χ4n) is 1.40. The summed E-state index contributed by atoms with van der Waals surface area (Å²) in [7, 11) is 0. The first-order valence-corrected chi connectivity index (χ1v) is 6.69. The van der Waals surface area contributed by atoms with Crippen LogP contribution in [0.15, 0.2) is 27.3 Å². The lowest BCUT2D eigenvalue weighted by atomic mass is 10.2. The maximum Gasteiger partial charge on any atom is 0.0692 e. The first-order chi connectivity index (χ1) is 6.76. The Morgan fingerprint density at radius 3 is 2.93 bits per heavy atom. The lowest BCUT2D eigenvalue weighted by Gasteiger charge is -2.04. The number of fused-ring (bicyclic) bond motifs is 1. The zero-order valence-corrected chi connectivity index (χ0v) is 10.2. The molecule has 0 aliphatic heterocycles. The summed E-state index contributed by atoms with van der Waals surface area (Å²) in [5, 5.41) is 12.4. The Morgan fingerprint density at radius 2 is 2.29 bits per heavy atom. The SMILES string of the molecule is CSc1cc2scc(S)c2cc1CO. The van der Waals surface area contributed by atoms with Gasteiger partial charge in [0.25, 0.3) is 0 Å². The second-order valence-electron chi connectivity index (χ2n) is 2.94. The molecular formula is C10H10OS3. The molecule has 1 N–H and O–H groups in total. The second-order valence-corrected chi connectivity index (χ2v) is 5.18. The normalized spacial score (nSPS) is 11.1. The van der Waals surface area contributed by atoms with Gasteiger partial charge in [0, 0.05) is 25.3 Å². The van der Waals surface area contributed by atoms with Crippen molar-refractivity contribution in [2.75, 3.05) is 6.26 Å². The molecule has 0 aliphatic rings. The van der Waals surface area contributed by atoms with Gasteiger partial charge < -0.3 is 5.11 Å². The van der Waals surface area contributed by atoms with Crippen LogP contribution in [0.2, 0.25) is 0 Å². The minimum absolute atomic E-state index is 0.0924. The molecule has 0 fully saturated rings. The Hall–Kier alpha value is -0.160. The molecule has 2 rings (SSSR count). The van der Waals surface area contributed by atoms with Crippen molar-refractivity contribution in [2.24, 2.45) is 0 Å². The van der Waals surface area contributed by atoms with Gasteiger partial charge in [0.05, 0.1) is 6.61 Å². The minimum Gasteiger partial charge on any atom is -0.392 e. The van der Waals surface area contributed by atoms with Crippen LogP contribution in [0.25, 0.3) is 10.1 Å². The van der Waals surface area contributed by atoms with Crippen LogP contribution in [0.3, 0.4) is 0 Å². The highest BCUT2D eigenvalue weighted by Crippen LogP contribution is 2.34. The van der Waals surface area contributed by atoms with Crippen LogP contribution in [0.1, 0.15) is 5.56 Å². The summed E-state index contributed by atoms with van der Waals surface area (Å²) in [5.74, 6) is 0. The predicted molar refractivity (Wildman–Crippen MR) is 66.8 cm³/mol. The van der Waals surface area contributed by atoms with E-state index in [1.807, 2.05) is 17.7 Å². The van der Waals surface area contributed by atoms with E-state index in [-0.39, 0.29) is 6.61 Å². The van der Waals surface area contributed by atoms with E-state index in [0.29, 0.717) is 0 Å². The van der Waals surface area contributed by atoms with E-state index in [0.717, 1.165) is 20.7 Å². The number of rotatable bonds is 2. The second kappa shape index (κ2) is 4.14. The van der Waals surface area contributed by atoms with Gasteiger partial charge in [-0.15, -0.1) is 35.7 Å². The molecule has 0 atom stereocenters. The van der Waals surface area contributed by atoms with Crippen molar-refractivity contribution >= 4 is 45.8 Å². The van der Waals surface area contributed by atoms with Gasteiger partial charge in [-0.25, -0.2) is 0 Å². The Labute approximate surface area is 96.6 Å². The van der Waals surface area contributed by atoms with Gasteiger partial charge in [-0.1, -0.05) is 0 Å². The first kappa shape index (κ1) is 10.4. The van der Waals surface area contributed by atoms with Crippen LogP contribution >= 0.6 is 35.7 Å². The number of hydrogen-bond donors (Lipinski definition) is 2. The van der Waals surface area contributed by atoms with Crippen LogP contribution in [0.5, 0.6) is 0 Å². The summed E-state index contributed by atoms with van der Waals surface area (Å²) in [4.78, 5) is 2.14. The van der Waals surface area contributed by atoms with E-state index < -0.39 is 0 Å². The van der Waals surface area contributed by atoms with Crippen LogP contribution in [0, 0.1) is 0 Å². The summed E-state index contributed by atoms with van der Waals surface area (Å²) in [5.41, 5.74) is 0.985. The third kappa shape index (κ3) is 1.67. The largest absolute Gasteiger partial charge is 0.392 e. The molecule has 0 amide bonds. The Morgan fingerprint density at radius 1 is 1.50 bits per heavy atom. The Balaban J connectivity index is 2.71. The van der Waals surface area contributed by atoms with Gasteiger partial charge in [0.1, 0.15) is 0 Å². The number of aliphatic hydroxyl groups is 1. The molecule has 0 saturated heterocycles.